The van der Waals surface area contributed by atoms with Crippen molar-refractivity contribution in [1.82, 2.24) is 25.1 Å². The molecule has 5 rings (SSSR count). The fourth-order valence-electron chi connectivity index (χ4n) is 4.82. The molecule has 2 aliphatic rings. The number of nitrogens with zero attached hydrogens (tertiary/aromatic N) is 4. The number of benzene rings is 1. The molecule has 0 aliphatic carbocycles. The number of carbonyl (C=O) groups is 1. The molecule has 1 unspecified atom stereocenters. The van der Waals surface area contributed by atoms with E-state index < -0.39 is 23.6 Å². The van der Waals surface area contributed by atoms with Crippen molar-refractivity contribution in [3.63, 3.8) is 0 Å². The average Bonchev–Trinajstić information content (AvgIpc) is 3.10. The topological polar surface area (TPSA) is 84.7 Å². The lowest BCUT2D eigenvalue weighted by molar-refractivity contribution is -0.119. The Morgan fingerprint density at radius 3 is 2.78 bits per heavy atom. The molecule has 7 nitrogen and oxygen atoms in total. The third kappa shape index (κ3) is 3.42. The number of aromatic nitrogens is 4. The van der Waals surface area contributed by atoms with Crippen LogP contribution in [0.5, 0.6) is 0 Å². The summed E-state index contributed by atoms with van der Waals surface area (Å²) in [6.45, 7) is 4.49. The summed E-state index contributed by atoms with van der Waals surface area (Å²) in [5, 5.41) is 11.3. The first-order valence-electron chi connectivity index (χ1n) is 10.7. The first kappa shape index (κ1) is 20.9. The number of anilines is 1. The zero-order valence-electron chi connectivity index (χ0n) is 17.7. The van der Waals surface area contributed by atoms with Crippen LogP contribution in [0.25, 0.3) is 22.3 Å². The van der Waals surface area contributed by atoms with Gasteiger partial charge >= 0.3 is 0 Å². The molecule has 1 saturated heterocycles. The Bertz CT molecular complexity index is 1200. The van der Waals surface area contributed by atoms with E-state index in [9.17, 15) is 18.0 Å². The van der Waals surface area contributed by atoms with Crippen LogP contribution in [-0.4, -0.2) is 44.7 Å². The number of carbonyl (C=O) groups excluding carboxylic acids is 1. The molecule has 3 aromatic rings. The Balaban J connectivity index is 1.75. The Morgan fingerprint density at radius 2 is 2.03 bits per heavy atom. The summed E-state index contributed by atoms with van der Waals surface area (Å²) in [5.74, 6) is -5.16. The average molecular weight is 444 g/mol. The highest BCUT2D eigenvalue weighted by Crippen LogP contribution is 2.46. The second-order valence-corrected chi connectivity index (χ2v) is 8.74. The van der Waals surface area contributed by atoms with Crippen molar-refractivity contribution in [3.8, 4) is 11.4 Å². The van der Waals surface area contributed by atoms with Gasteiger partial charge in [-0.05, 0) is 50.6 Å². The predicted octanol–water partition coefficient (Wildman–Crippen LogP) is 3.88. The maximum absolute atomic E-state index is 14.6. The highest BCUT2D eigenvalue weighted by molar-refractivity contribution is 5.98. The summed E-state index contributed by atoms with van der Waals surface area (Å²) in [5.41, 5.74) is 1.37. The van der Waals surface area contributed by atoms with E-state index in [-0.39, 0.29) is 35.5 Å². The van der Waals surface area contributed by atoms with E-state index in [0.29, 0.717) is 16.6 Å². The van der Waals surface area contributed by atoms with Crippen molar-refractivity contribution in [1.29, 1.82) is 0 Å². The number of rotatable bonds is 3. The maximum atomic E-state index is 14.6. The molecule has 4 heterocycles. The Morgan fingerprint density at radius 1 is 1.22 bits per heavy atom. The molecule has 2 aliphatic heterocycles. The van der Waals surface area contributed by atoms with E-state index in [0.717, 1.165) is 26.4 Å². The van der Waals surface area contributed by atoms with Gasteiger partial charge in [-0.15, -0.1) is 0 Å². The van der Waals surface area contributed by atoms with Gasteiger partial charge in [-0.1, -0.05) is 6.92 Å². The van der Waals surface area contributed by atoms with Crippen LogP contribution in [0.15, 0.2) is 24.5 Å². The van der Waals surface area contributed by atoms with Crippen LogP contribution in [0.4, 0.5) is 19.0 Å². The van der Waals surface area contributed by atoms with Gasteiger partial charge < -0.3 is 10.6 Å². The quantitative estimate of drug-likeness (QED) is 0.641. The number of nitrogens with one attached hydrogen (secondary N) is 2. The van der Waals surface area contributed by atoms with Crippen LogP contribution in [0.3, 0.4) is 0 Å². The number of hydrogen-bond acceptors (Lipinski definition) is 5. The molecule has 0 saturated carbocycles. The maximum Gasteiger partial charge on any atom is 0.252 e. The van der Waals surface area contributed by atoms with Crippen molar-refractivity contribution >= 4 is 22.6 Å². The van der Waals surface area contributed by atoms with Crippen LogP contribution in [0, 0.1) is 11.7 Å². The Hall–Kier alpha value is -3.01. The number of fused-ring (bicyclic) bond motifs is 2. The Labute approximate surface area is 182 Å². The minimum atomic E-state index is -3.17. The lowest BCUT2D eigenvalue weighted by atomic mass is 9.85. The van der Waals surface area contributed by atoms with Gasteiger partial charge in [0.25, 0.3) is 5.92 Å². The van der Waals surface area contributed by atoms with E-state index in [1.807, 2.05) is 0 Å². The molecule has 10 heteroatoms. The lowest BCUT2D eigenvalue weighted by Gasteiger charge is -2.30. The van der Waals surface area contributed by atoms with Gasteiger partial charge in [0, 0.05) is 17.4 Å². The van der Waals surface area contributed by atoms with Crippen molar-refractivity contribution in [3.05, 3.63) is 35.9 Å². The van der Waals surface area contributed by atoms with Crippen LogP contribution >= 0.6 is 0 Å². The standard InChI is InChI=1S/C22H23F3N6O/c1-11-9-26-6-5-15(11)31-16-7-12(23)3-4-13(16)19(30-31)20-18-14(22(2,24)25)8-17(32)29-21(18)28-10-27-20/h3-4,7,10-11,14-15,26H,5-6,8-9H2,1-2H3,(H,27,28,29,32)/t11-,14?,15+/m1/s1. The van der Waals surface area contributed by atoms with Crippen molar-refractivity contribution in [2.75, 3.05) is 18.4 Å². The molecular weight excluding hydrogens is 421 g/mol. The second-order valence-electron chi connectivity index (χ2n) is 8.74. The Kier molecular flexibility index (Phi) is 4.92. The number of halogens is 3. The molecule has 1 fully saturated rings. The number of alkyl halides is 2. The zero-order chi connectivity index (χ0) is 22.6. The first-order valence-corrected chi connectivity index (χ1v) is 10.7. The van der Waals surface area contributed by atoms with E-state index in [4.69, 9.17) is 5.10 Å². The summed E-state index contributed by atoms with van der Waals surface area (Å²) >= 11 is 0. The molecule has 0 radical (unpaired) electrons. The number of piperidine rings is 1. The minimum absolute atomic E-state index is 0.0232. The van der Waals surface area contributed by atoms with Crippen LogP contribution < -0.4 is 10.6 Å². The molecule has 168 valence electrons. The van der Waals surface area contributed by atoms with E-state index in [1.165, 1.54) is 18.5 Å². The fraction of sp³-hybridized carbons (Fsp3) is 0.455. The van der Waals surface area contributed by atoms with Crippen LogP contribution in [-0.2, 0) is 4.79 Å². The predicted molar refractivity (Wildman–Crippen MR) is 113 cm³/mol. The van der Waals surface area contributed by atoms with Crippen molar-refractivity contribution in [2.45, 2.75) is 44.6 Å². The van der Waals surface area contributed by atoms with Crippen LogP contribution in [0.2, 0.25) is 0 Å². The highest BCUT2D eigenvalue weighted by atomic mass is 19.3. The molecule has 1 aromatic carbocycles. The third-order valence-electron chi connectivity index (χ3n) is 6.44. The number of hydrogen-bond donors (Lipinski definition) is 2. The molecule has 32 heavy (non-hydrogen) atoms. The van der Waals surface area contributed by atoms with E-state index in [2.05, 4.69) is 27.5 Å². The summed E-state index contributed by atoms with van der Waals surface area (Å²) < 4.78 is 45.1. The van der Waals surface area contributed by atoms with Crippen molar-refractivity contribution < 1.29 is 18.0 Å². The van der Waals surface area contributed by atoms with Gasteiger partial charge in [0.1, 0.15) is 29.4 Å². The third-order valence-corrected chi connectivity index (χ3v) is 6.44. The lowest BCUT2D eigenvalue weighted by Crippen LogP contribution is -2.36. The van der Waals surface area contributed by atoms with Gasteiger partial charge in [-0.25, -0.2) is 23.1 Å². The molecule has 0 bridgehead atoms. The van der Waals surface area contributed by atoms with Gasteiger partial charge in [-0.2, -0.15) is 5.10 Å². The monoisotopic (exact) mass is 444 g/mol. The smallest absolute Gasteiger partial charge is 0.252 e. The summed E-state index contributed by atoms with van der Waals surface area (Å²) in [6, 6.07) is 4.37. The highest BCUT2D eigenvalue weighted by Gasteiger charge is 2.44. The van der Waals surface area contributed by atoms with Gasteiger partial charge in [0.05, 0.1) is 17.5 Å². The molecule has 2 N–H and O–H groups in total. The van der Waals surface area contributed by atoms with Gasteiger partial charge in [0.2, 0.25) is 5.91 Å². The van der Waals surface area contributed by atoms with E-state index >= 15 is 0 Å². The largest absolute Gasteiger partial charge is 0.316 e. The second kappa shape index (κ2) is 7.54. The van der Waals surface area contributed by atoms with Gasteiger partial charge in [0.15, 0.2) is 0 Å². The molecule has 3 atom stereocenters. The normalized spacial score (nSPS) is 23.8. The molecule has 1 amide bonds. The summed E-state index contributed by atoms with van der Waals surface area (Å²) in [6.07, 6.45) is 1.66. The van der Waals surface area contributed by atoms with E-state index in [1.54, 1.807) is 10.7 Å². The molecule has 0 spiro atoms. The van der Waals surface area contributed by atoms with Gasteiger partial charge in [-0.3, -0.25) is 9.48 Å². The summed E-state index contributed by atoms with van der Waals surface area (Å²) in [4.78, 5) is 20.4. The fourth-order valence-corrected chi connectivity index (χ4v) is 4.82. The molecule has 2 aromatic heterocycles. The molecular formula is C22H23F3N6O. The minimum Gasteiger partial charge on any atom is -0.316 e. The summed E-state index contributed by atoms with van der Waals surface area (Å²) in [7, 11) is 0. The zero-order valence-corrected chi connectivity index (χ0v) is 17.7. The number of amides is 1. The van der Waals surface area contributed by atoms with Crippen molar-refractivity contribution in [2.24, 2.45) is 5.92 Å². The SMILES string of the molecule is C[C@@H]1CNCC[C@@H]1n1nc(-c2ncnc3c2C(C(C)(F)F)CC(=O)N3)c2ccc(F)cc21. The first-order chi connectivity index (χ1) is 15.2. The van der Waals surface area contributed by atoms with Crippen LogP contribution in [0.1, 0.15) is 44.2 Å².